The molecule has 0 aliphatic rings. The maximum absolute atomic E-state index is 9.09. The monoisotopic (exact) mass is 233 g/mol. The fourth-order valence-corrected chi connectivity index (χ4v) is 3.80. The standard InChI is InChI=1S/C11H7NOS2/c13-12-10-7-3-1-2-4-9(7)15-11-8(10)5-6-14-11/h1-6,13H/b12-10+. The molecule has 0 radical (unpaired) electrons. The third kappa shape index (κ3) is 1.26. The Kier molecular flexibility index (Phi) is 1.97. The van der Waals surface area contributed by atoms with Crippen LogP contribution < -0.4 is 5.36 Å². The van der Waals surface area contributed by atoms with Crippen LogP contribution in [0.1, 0.15) is 0 Å². The molecule has 1 aromatic carbocycles. The second-order valence-corrected chi connectivity index (χ2v) is 5.40. The Balaban J connectivity index is 2.71. The summed E-state index contributed by atoms with van der Waals surface area (Å²) in [6, 6.07) is 9.99. The molecular weight excluding hydrogens is 226 g/mol. The first-order valence-electron chi connectivity index (χ1n) is 4.47. The lowest BCUT2D eigenvalue weighted by molar-refractivity contribution is 0.304. The van der Waals surface area contributed by atoms with Crippen LogP contribution in [-0.2, 0) is 0 Å². The van der Waals surface area contributed by atoms with Crippen LogP contribution in [-0.4, -0.2) is 5.21 Å². The number of hydrogen-bond donors (Lipinski definition) is 1. The summed E-state index contributed by atoms with van der Waals surface area (Å²) in [6.45, 7) is 0. The molecule has 3 rings (SSSR count). The Bertz CT molecular complexity index is 696. The van der Waals surface area contributed by atoms with E-state index in [4.69, 9.17) is 5.21 Å². The van der Waals surface area contributed by atoms with Gasteiger partial charge in [-0.3, -0.25) is 0 Å². The molecule has 0 atom stereocenters. The van der Waals surface area contributed by atoms with Gasteiger partial charge in [0.05, 0.1) is 4.01 Å². The summed E-state index contributed by atoms with van der Waals surface area (Å²) in [6.07, 6.45) is 0. The Hall–Kier alpha value is -1.39. The van der Waals surface area contributed by atoms with E-state index in [9.17, 15) is 0 Å². The Morgan fingerprint density at radius 1 is 1.07 bits per heavy atom. The second-order valence-electron chi connectivity index (χ2n) is 3.17. The summed E-state index contributed by atoms with van der Waals surface area (Å²) in [7, 11) is 0. The fraction of sp³-hybridized carbons (Fsp3) is 0. The quantitative estimate of drug-likeness (QED) is 0.468. The lowest BCUT2D eigenvalue weighted by atomic mass is 10.2. The van der Waals surface area contributed by atoms with Crippen molar-refractivity contribution in [2.24, 2.45) is 5.16 Å². The molecule has 15 heavy (non-hydrogen) atoms. The van der Waals surface area contributed by atoms with Crippen LogP contribution in [0.25, 0.3) is 19.5 Å². The molecule has 0 spiro atoms. The van der Waals surface area contributed by atoms with Crippen LogP contribution in [0, 0.1) is 0 Å². The second kappa shape index (κ2) is 3.32. The number of fused-ring (bicyclic) bond motifs is 2. The van der Waals surface area contributed by atoms with E-state index in [-0.39, 0.29) is 0 Å². The molecule has 4 heteroatoms. The Morgan fingerprint density at radius 3 is 2.80 bits per heavy atom. The third-order valence-corrected chi connectivity index (χ3v) is 4.56. The molecule has 3 aromatic rings. The van der Waals surface area contributed by atoms with Crippen molar-refractivity contribution in [3.63, 3.8) is 0 Å². The topological polar surface area (TPSA) is 32.6 Å². The lowest BCUT2D eigenvalue weighted by Crippen LogP contribution is -2.01. The highest BCUT2D eigenvalue weighted by Gasteiger charge is 2.04. The average Bonchev–Trinajstić information content (AvgIpc) is 2.73. The van der Waals surface area contributed by atoms with E-state index in [1.54, 1.807) is 22.7 Å². The SMILES string of the molecule is O/N=c1\c2ccccc2sc2sccc12. The summed E-state index contributed by atoms with van der Waals surface area (Å²) in [5.74, 6) is 0. The van der Waals surface area contributed by atoms with E-state index in [1.807, 2.05) is 35.7 Å². The molecule has 0 aliphatic carbocycles. The largest absolute Gasteiger partial charge is 0.410 e. The summed E-state index contributed by atoms with van der Waals surface area (Å²) >= 11 is 3.41. The first-order chi connectivity index (χ1) is 7.40. The summed E-state index contributed by atoms with van der Waals surface area (Å²) < 4.78 is 2.35. The molecule has 2 aromatic heterocycles. The number of nitrogens with zero attached hydrogens (tertiary/aromatic N) is 1. The maximum Gasteiger partial charge on any atom is 0.120 e. The predicted molar refractivity (Wildman–Crippen MR) is 64.6 cm³/mol. The summed E-state index contributed by atoms with van der Waals surface area (Å²) in [4.78, 5) is 0. The number of hydrogen-bond acceptors (Lipinski definition) is 4. The van der Waals surface area contributed by atoms with Crippen molar-refractivity contribution >= 4 is 42.2 Å². The van der Waals surface area contributed by atoms with Crippen LogP contribution in [0.4, 0.5) is 0 Å². The number of thiophene rings is 1. The van der Waals surface area contributed by atoms with Crippen LogP contribution in [0.2, 0.25) is 0 Å². The molecule has 0 saturated heterocycles. The highest BCUT2D eigenvalue weighted by atomic mass is 32.2. The van der Waals surface area contributed by atoms with E-state index in [0.717, 1.165) is 15.5 Å². The minimum atomic E-state index is 0.681. The van der Waals surface area contributed by atoms with Crippen molar-refractivity contribution in [2.75, 3.05) is 0 Å². The van der Waals surface area contributed by atoms with Crippen molar-refractivity contribution in [1.82, 2.24) is 0 Å². The zero-order chi connectivity index (χ0) is 10.3. The molecule has 0 bridgehead atoms. The van der Waals surface area contributed by atoms with Gasteiger partial charge in [-0.25, -0.2) is 0 Å². The molecule has 2 heterocycles. The highest BCUT2D eigenvalue weighted by molar-refractivity contribution is 7.40. The minimum absolute atomic E-state index is 0.681. The van der Waals surface area contributed by atoms with Gasteiger partial charge in [0, 0.05) is 15.5 Å². The van der Waals surface area contributed by atoms with Gasteiger partial charge in [-0.05, 0) is 17.5 Å². The lowest BCUT2D eigenvalue weighted by Gasteiger charge is -1.97. The minimum Gasteiger partial charge on any atom is -0.410 e. The molecular formula is C11H7NOS2. The van der Waals surface area contributed by atoms with E-state index in [0.29, 0.717) is 5.36 Å². The number of benzene rings is 1. The zero-order valence-corrected chi connectivity index (χ0v) is 9.31. The van der Waals surface area contributed by atoms with Crippen molar-refractivity contribution in [2.45, 2.75) is 0 Å². The van der Waals surface area contributed by atoms with Gasteiger partial charge in [-0.2, -0.15) is 0 Å². The summed E-state index contributed by atoms with van der Waals surface area (Å²) in [5, 5.41) is 17.2. The van der Waals surface area contributed by atoms with Gasteiger partial charge < -0.3 is 5.21 Å². The van der Waals surface area contributed by atoms with Gasteiger partial charge in [0.1, 0.15) is 5.36 Å². The highest BCUT2D eigenvalue weighted by Crippen LogP contribution is 2.28. The van der Waals surface area contributed by atoms with Gasteiger partial charge in [-0.15, -0.1) is 22.7 Å². The molecule has 0 amide bonds. The third-order valence-electron chi connectivity index (χ3n) is 2.33. The van der Waals surface area contributed by atoms with Crippen molar-refractivity contribution < 1.29 is 5.21 Å². The van der Waals surface area contributed by atoms with Gasteiger partial charge in [0.15, 0.2) is 0 Å². The van der Waals surface area contributed by atoms with Crippen LogP contribution >= 0.6 is 22.7 Å². The fourth-order valence-electron chi connectivity index (χ4n) is 1.65. The first-order valence-corrected chi connectivity index (χ1v) is 6.17. The zero-order valence-electron chi connectivity index (χ0n) is 7.68. The normalized spacial score (nSPS) is 12.7. The maximum atomic E-state index is 9.09. The molecule has 0 saturated carbocycles. The van der Waals surface area contributed by atoms with E-state index < -0.39 is 0 Å². The Morgan fingerprint density at radius 2 is 1.93 bits per heavy atom. The van der Waals surface area contributed by atoms with E-state index >= 15 is 0 Å². The van der Waals surface area contributed by atoms with Gasteiger partial charge >= 0.3 is 0 Å². The van der Waals surface area contributed by atoms with Gasteiger partial charge in [0.2, 0.25) is 0 Å². The molecule has 74 valence electrons. The summed E-state index contributed by atoms with van der Waals surface area (Å²) in [5.41, 5.74) is 0. The molecule has 0 unspecified atom stereocenters. The molecule has 1 N–H and O–H groups in total. The van der Waals surface area contributed by atoms with Crippen molar-refractivity contribution in [3.05, 3.63) is 41.1 Å². The first kappa shape index (κ1) is 8.88. The smallest absolute Gasteiger partial charge is 0.120 e. The number of rotatable bonds is 0. The molecule has 0 aliphatic heterocycles. The van der Waals surface area contributed by atoms with Crippen LogP contribution in [0.5, 0.6) is 0 Å². The van der Waals surface area contributed by atoms with Gasteiger partial charge in [0.25, 0.3) is 0 Å². The average molecular weight is 233 g/mol. The van der Waals surface area contributed by atoms with E-state index in [1.165, 1.54) is 4.01 Å². The van der Waals surface area contributed by atoms with Crippen LogP contribution in [0.15, 0.2) is 40.9 Å². The van der Waals surface area contributed by atoms with Crippen molar-refractivity contribution in [3.8, 4) is 0 Å². The van der Waals surface area contributed by atoms with E-state index in [2.05, 4.69) is 5.16 Å². The molecule has 0 fully saturated rings. The predicted octanol–water partition coefficient (Wildman–Crippen LogP) is 3.41. The molecule has 2 nitrogen and oxygen atoms in total. The Labute approximate surface area is 93.7 Å². The van der Waals surface area contributed by atoms with Crippen LogP contribution in [0.3, 0.4) is 0 Å². The van der Waals surface area contributed by atoms with Gasteiger partial charge in [-0.1, -0.05) is 23.4 Å². The van der Waals surface area contributed by atoms with Crippen molar-refractivity contribution in [1.29, 1.82) is 0 Å².